The average molecular weight is 396 g/mol. The van der Waals surface area contributed by atoms with Crippen LogP contribution in [0.2, 0.25) is 0 Å². The molecule has 0 amide bonds. The first-order valence-electron chi connectivity index (χ1n) is 10.8. The Bertz CT molecular complexity index is 1450. The summed E-state index contributed by atoms with van der Waals surface area (Å²) in [4.78, 5) is 3.62. The highest BCUT2D eigenvalue weighted by molar-refractivity contribution is 5.88. The molecule has 1 heterocycles. The molecule has 1 aliphatic carbocycles. The summed E-state index contributed by atoms with van der Waals surface area (Å²) in [5.74, 6) is 0. The molecule has 0 unspecified atom stereocenters. The van der Waals surface area contributed by atoms with Gasteiger partial charge < -0.3 is 4.98 Å². The molecule has 0 radical (unpaired) electrons. The molecule has 4 aromatic carbocycles. The van der Waals surface area contributed by atoms with Crippen molar-refractivity contribution in [2.45, 2.75) is 12.8 Å². The molecule has 0 aliphatic heterocycles. The Balaban J connectivity index is 1.56. The van der Waals surface area contributed by atoms with E-state index in [0.29, 0.717) is 0 Å². The maximum atomic E-state index is 3.62. The molecule has 0 spiro atoms. The zero-order valence-corrected chi connectivity index (χ0v) is 17.2. The summed E-state index contributed by atoms with van der Waals surface area (Å²) >= 11 is 0. The number of hydrogen-bond acceptors (Lipinski definition) is 0. The fourth-order valence-electron chi connectivity index (χ4n) is 4.54. The molecular weight excluding hydrogens is 374 g/mol. The van der Waals surface area contributed by atoms with Gasteiger partial charge in [-0.3, -0.25) is 0 Å². The van der Waals surface area contributed by atoms with Crippen molar-refractivity contribution in [1.82, 2.24) is 4.98 Å². The van der Waals surface area contributed by atoms with Gasteiger partial charge in [0.15, 0.2) is 0 Å². The summed E-state index contributed by atoms with van der Waals surface area (Å²) in [7, 11) is 0. The van der Waals surface area contributed by atoms with E-state index in [1.54, 1.807) is 0 Å². The van der Waals surface area contributed by atoms with Crippen molar-refractivity contribution >= 4 is 23.1 Å². The van der Waals surface area contributed by atoms with E-state index in [1.165, 1.54) is 49.3 Å². The molecule has 5 aromatic rings. The Hall–Kier alpha value is -4.02. The summed E-state index contributed by atoms with van der Waals surface area (Å²) in [6.07, 6.45) is 6.90. The number of benzene rings is 3. The van der Waals surface area contributed by atoms with Crippen molar-refractivity contribution in [3.63, 3.8) is 0 Å². The normalized spacial score (nSPS) is 12.5. The van der Waals surface area contributed by atoms with E-state index in [0.717, 1.165) is 18.4 Å². The Morgan fingerprint density at radius 3 is 2.19 bits per heavy atom. The standard InChI is InChI=1S/C30H21N/c1-3-9-21(10-4-1)24-17-25(22-11-5-2-6-12-22)19-26(18-24)23-15-16-28-27-13-7-8-14-29(27)31-30(28)20-23/h1,3-5,9-20,31H,7-8H2. The molecule has 1 aromatic heterocycles. The van der Waals surface area contributed by atoms with Crippen molar-refractivity contribution in [3.05, 3.63) is 108 Å². The molecule has 1 nitrogen and oxygen atoms in total. The molecular formula is C30H21N. The highest BCUT2D eigenvalue weighted by atomic mass is 14.7. The van der Waals surface area contributed by atoms with Crippen molar-refractivity contribution in [1.29, 1.82) is 0 Å². The van der Waals surface area contributed by atoms with Gasteiger partial charge in [-0.1, -0.05) is 66.7 Å². The highest BCUT2D eigenvalue weighted by Gasteiger charge is 2.09. The van der Waals surface area contributed by atoms with Gasteiger partial charge in [0.1, 0.15) is 0 Å². The molecule has 6 rings (SSSR count). The maximum Gasteiger partial charge on any atom is 0.0470 e. The zero-order chi connectivity index (χ0) is 20.6. The van der Waals surface area contributed by atoms with Crippen molar-refractivity contribution < 1.29 is 0 Å². The highest BCUT2D eigenvalue weighted by Crippen LogP contribution is 2.33. The van der Waals surface area contributed by atoms with Gasteiger partial charge in [0, 0.05) is 21.5 Å². The van der Waals surface area contributed by atoms with Crippen LogP contribution < -0.4 is 10.6 Å². The van der Waals surface area contributed by atoms with Crippen LogP contribution in [0.1, 0.15) is 12.8 Å². The molecule has 0 saturated heterocycles. The van der Waals surface area contributed by atoms with Gasteiger partial charge in [0.05, 0.1) is 0 Å². The third-order valence-electron chi connectivity index (χ3n) is 6.10. The lowest BCUT2D eigenvalue weighted by molar-refractivity contribution is 1.11. The molecule has 1 N–H and O–H groups in total. The fraction of sp³-hybridized carbons (Fsp3) is 0.0667. The second kappa shape index (κ2) is 7.35. The van der Waals surface area contributed by atoms with Crippen LogP contribution in [0.3, 0.4) is 0 Å². The minimum absolute atomic E-state index is 1.11. The Morgan fingerprint density at radius 1 is 0.613 bits per heavy atom. The first-order chi connectivity index (χ1) is 15.3. The minimum Gasteiger partial charge on any atom is -0.355 e. The van der Waals surface area contributed by atoms with Gasteiger partial charge in [0.2, 0.25) is 0 Å². The maximum absolute atomic E-state index is 3.62. The molecule has 0 fully saturated rings. The van der Waals surface area contributed by atoms with Gasteiger partial charge >= 0.3 is 0 Å². The Morgan fingerprint density at radius 2 is 1.39 bits per heavy atom. The molecule has 0 saturated carbocycles. The topological polar surface area (TPSA) is 15.8 Å². The lowest BCUT2D eigenvalue weighted by Gasteiger charge is -2.11. The Labute approximate surface area is 182 Å². The van der Waals surface area contributed by atoms with Gasteiger partial charge in [-0.25, -0.2) is 0 Å². The number of H-pyrrole nitrogens is 1. The number of nitrogens with one attached hydrogen (secondary N) is 1. The monoisotopic (exact) mass is 395 g/mol. The number of aromatic amines is 1. The van der Waals surface area contributed by atoms with Gasteiger partial charge in [-0.15, -0.1) is 0 Å². The summed E-state index contributed by atoms with van der Waals surface area (Å²) in [5.41, 5.74) is 8.41. The van der Waals surface area contributed by atoms with Crippen LogP contribution in [-0.4, -0.2) is 4.98 Å². The number of rotatable bonds is 3. The van der Waals surface area contributed by atoms with E-state index in [9.17, 15) is 0 Å². The van der Waals surface area contributed by atoms with E-state index in [-0.39, 0.29) is 0 Å². The first-order valence-corrected chi connectivity index (χ1v) is 10.8. The van der Waals surface area contributed by atoms with E-state index in [1.807, 2.05) is 12.1 Å². The van der Waals surface area contributed by atoms with Crippen LogP contribution in [0.15, 0.2) is 84.9 Å². The Kier molecular flexibility index (Phi) is 4.22. The van der Waals surface area contributed by atoms with Crippen molar-refractivity contribution in [3.8, 4) is 33.4 Å². The first kappa shape index (κ1) is 17.8. The second-order valence-electron chi connectivity index (χ2n) is 8.09. The molecule has 0 bridgehead atoms. The predicted molar refractivity (Wildman–Crippen MR) is 130 cm³/mol. The van der Waals surface area contributed by atoms with Gasteiger partial charge in [-0.05, 0) is 88.7 Å². The summed E-state index contributed by atoms with van der Waals surface area (Å²) in [6, 6.07) is 36.3. The van der Waals surface area contributed by atoms with E-state index < -0.39 is 0 Å². The van der Waals surface area contributed by atoms with Crippen LogP contribution in [0, 0.1) is 12.1 Å². The lowest BCUT2D eigenvalue weighted by Crippen LogP contribution is -2.24. The van der Waals surface area contributed by atoms with Gasteiger partial charge in [-0.2, -0.15) is 0 Å². The van der Waals surface area contributed by atoms with Crippen molar-refractivity contribution in [2.24, 2.45) is 0 Å². The minimum atomic E-state index is 1.11. The van der Waals surface area contributed by atoms with Gasteiger partial charge in [0.25, 0.3) is 0 Å². The summed E-state index contributed by atoms with van der Waals surface area (Å²) in [5, 5.41) is 3.91. The van der Waals surface area contributed by atoms with E-state index in [2.05, 4.69) is 102 Å². The molecule has 1 aliphatic rings. The number of hydrogen-bond donors (Lipinski definition) is 1. The van der Waals surface area contributed by atoms with Crippen LogP contribution in [-0.2, 0) is 0 Å². The van der Waals surface area contributed by atoms with Crippen molar-refractivity contribution in [2.75, 3.05) is 0 Å². The second-order valence-corrected chi connectivity index (χ2v) is 8.09. The van der Waals surface area contributed by atoms with E-state index in [4.69, 9.17) is 0 Å². The van der Waals surface area contributed by atoms with Crippen LogP contribution in [0.25, 0.3) is 56.4 Å². The predicted octanol–water partition coefficient (Wildman–Crippen LogP) is 6.12. The number of aromatic nitrogens is 1. The fourth-order valence-corrected chi connectivity index (χ4v) is 4.54. The SMILES string of the molecule is c1ccc(-c2cc(-c3ccccc3)cc(-c3ccc4c5c([nH]c4c3)=CCCC=5)c2)cc#1. The van der Waals surface area contributed by atoms with Crippen LogP contribution in [0.4, 0.5) is 0 Å². The zero-order valence-electron chi connectivity index (χ0n) is 17.2. The largest absolute Gasteiger partial charge is 0.355 e. The average Bonchev–Trinajstić information content (AvgIpc) is 3.23. The summed E-state index contributed by atoms with van der Waals surface area (Å²) in [6.45, 7) is 0. The smallest absolute Gasteiger partial charge is 0.0470 e. The molecule has 0 atom stereocenters. The third-order valence-corrected chi connectivity index (χ3v) is 6.10. The quantitative estimate of drug-likeness (QED) is 0.379. The third kappa shape index (κ3) is 3.23. The van der Waals surface area contributed by atoms with E-state index >= 15 is 0 Å². The lowest BCUT2D eigenvalue weighted by atomic mass is 9.93. The number of fused-ring (bicyclic) bond motifs is 3. The molecule has 31 heavy (non-hydrogen) atoms. The molecule has 1 heteroatoms. The summed E-state index contributed by atoms with van der Waals surface area (Å²) < 4.78 is 0. The molecule has 146 valence electrons. The van der Waals surface area contributed by atoms with Crippen LogP contribution >= 0.6 is 0 Å². The van der Waals surface area contributed by atoms with Crippen LogP contribution in [0.5, 0.6) is 0 Å².